The fourth-order valence-corrected chi connectivity index (χ4v) is 2.09. The van der Waals surface area contributed by atoms with Crippen molar-refractivity contribution in [3.8, 4) is 11.8 Å². The Morgan fingerprint density at radius 2 is 2.20 bits per heavy atom. The number of nitriles is 1. The van der Waals surface area contributed by atoms with Crippen molar-refractivity contribution in [2.24, 2.45) is 17.0 Å². The minimum atomic E-state index is -0.927. The number of carbonyl (C=O) groups is 2. The van der Waals surface area contributed by atoms with Crippen LogP contribution in [-0.4, -0.2) is 40.8 Å². The Kier molecular flexibility index (Phi) is 6.00. The molecule has 0 N–H and O–H groups in total. The third-order valence-corrected chi connectivity index (χ3v) is 3.53. The van der Waals surface area contributed by atoms with E-state index in [4.69, 9.17) is 10.00 Å². The van der Waals surface area contributed by atoms with Crippen molar-refractivity contribution in [1.29, 1.82) is 5.26 Å². The molecule has 0 saturated heterocycles. The maximum atomic E-state index is 11.9. The maximum Gasteiger partial charge on any atom is 0.371 e. The minimum Gasteiger partial charge on any atom is -0.490 e. The summed E-state index contributed by atoms with van der Waals surface area (Å²) in [5.74, 6) is -0.706. The molecule has 2 atom stereocenters. The molecule has 0 amide bonds. The van der Waals surface area contributed by atoms with E-state index in [0.717, 1.165) is 5.69 Å². The van der Waals surface area contributed by atoms with Crippen LogP contribution in [0.5, 0.6) is 5.75 Å². The molecule has 1 aliphatic carbocycles. The fraction of sp³-hybridized carbons (Fsp3) is 0.500. The number of nitrogens with zero attached hydrogens (tertiary/aromatic N) is 4. The Balaban J connectivity index is 1.81. The summed E-state index contributed by atoms with van der Waals surface area (Å²) in [6.07, 6.45) is 2.18. The highest BCUT2D eigenvalue weighted by atomic mass is 16.7. The molecular formula is C16H18N4O5. The zero-order chi connectivity index (χ0) is 18.4. The molecule has 1 heterocycles. The van der Waals surface area contributed by atoms with Crippen LogP contribution < -0.4 is 4.74 Å². The minimum absolute atomic E-state index is 0.0171. The smallest absolute Gasteiger partial charge is 0.371 e. The highest BCUT2D eigenvalue weighted by molar-refractivity contribution is 6.42. The van der Waals surface area contributed by atoms with Crippen LogP contribution in [0.1, 0.15) is 24.9 Å². The van der Waals surface area contributed by atoms with E-state index in [1.807, 2.05) is 6.92 Å². The summed E-state index contributed by atoms with van der Waals surface area (Å²) < 4.78 is 10.2. The van der Waals surface area contributed by atoms with E-state index in [0.29, 0.717) is 24.6 Å². The highest BCUT2D eigenvalue weighted by Gasteiger charge is 2.45. The summed E-state index contributed by atoms with van der Waals surface area (Å²) in [7, 11) is 0. The van der Waals surface area contributed by atoms with Gasteiger partial charge in [0.2, 0.25) is 0 Å². The standard InChI is InChI=1S/C16H18N4O5/c1-4-23-16(22)13(6-17)20-25-15(21)12-5-11(12)8-24-14-7-18-10(3)19-9(14)2/h7,11-12H,4-5,8H2,1-3H3/b20-13+. The summed E-state index contributed by atoms with van der Waals surface area (Å²) >= 11 is 0. The first-order valence-electron chi connectivity index (χ1n) is 7.75. The number of rotatable bonds is 7. The lowest BCUT2D eigenvalue weighted by Crippen LogP contribution is -2.17. The molecule has 0 spiro atoms. The molecule has 2 unspecified atom stereocenters. The van der Waals surface area contributed by atoms with Gasteiger partial charge < -0.3 is 14.3 Å². The fourth-order valence-electron chi connectivity index (χ4n) is 2.09. The van der Waals surface area contributed by atoms with Gasteiger partial charge in [-0.05, 0) is 27.2 Å². The van der Waals surface area contributed by atoms with Crippen LogP contribution in [0.3, 0.4) is 0 Å². The van der Waals surface area contributed by atoms with Gasteiger partial charge in [0.1, 0.15) is 11.9 Å². The molecule has 0 bridgehead atoms. The zero-order valence-corrected chi connectivity index (χ0v) is 14.2. The van der Waals surface area contributed by atoms with Crippen LogP contribution in [0.15, 0.2) is 11.4 Å². The number of aromatic nitrogens is 2. The van der Waals surface area contributed by atoms with Crippen molar-refractivity contribution in [2.45, 2.75) is 27.2 Å². The van der Waals surface area contributed by atoms with Crippen LogP contribution in [0.25, 0.3) is 0 Å². The first kappa shape index (κ1) is 18.3. The molecule has 0 aliphatic heterocycles. The number of ether oxygens (including phenoxy) is 2. The lowest BCUT2D eigenvalue weighted by Gasteiger charge is -2.07. The molecule has 0 radical (unpaired) electrons. The SMILES string of the molecule is CCOC(=O)/C(C#N)=N/OC(=O)C1CC1COc1cnc(C)nc1C. The average molecular weight is 346 g/mol. The van der Waals surface area contributed by atoms with Crippen LogP contribution in [0.4, 0.5) is 0 Å². The monoisotopic (exact) mass is 346 g/mol. The van der Waals surface area contributed by atoms with Crippen molar-refractivity contribution < 1.29 is 23.9 Å². The van der Waals surface area contributed by atoms with Gasteiger partial charge >= 0.3 is 11.9 Å². The van der Waals surface area contributed by atoms with Gasteiger partial charge in [-0.15, -0.1) is 0 Å². The largest absolute Gasteiger partial charge is 0.490 e. The molecule has 25 heavy (non-hydrogen) atoms. The number of esters is 1. The number of carbonyl (C=O) groups excluding carboxylic acids is 2. The van der Waals surface area contributed by atoms with Crippen molar-refractivity contribution >= 4 is 17.7 Å². The normalized spacial score (nSPS) is 18.9. The third-order valence-electron chi connectivity index (χ3n) is 3.53. The van der Waals surface area contributed by atoms with Gasteiger partial charge in [0.05, 0.1) is 31.0 Å². The van der Waals surface area contributed by atoms with E-state index in [9.17, 15) is 9.59 Å². The highest BCUT2D eigenvalue weighted by Crippen LogP contribution is 2.40. The van der Waals surface area contributed by atoms with Crippen LogP contribution >= 0.6 is 0 Å². The van der Waals surface area contributed by atoms with Crippen molar-refractivity contribution in [2.75, 3.05) is 13.2 Å². The lowest BCUT2D eigenvalue weighted by atomic mass is 10.3. The van der Waals surface area contributed by atoms with Crippen LogP contribution in [0, 0.1) is 37.0 Å². The molecule has 1 aromatic heterocycles. The summed E-state index contributed by atoms with van der Waals surface area (Å²) in [4.78, 5) is 36.1. The van der Waals surface area contributed by atoms with Gasteiger partial charge in [-0.3, -0.25) is 0 Å². The Bertz CT molecular complexity index is 741. The third kappa shape index (κ3) is 4.97. The van der Waals surface area contributed by atoms with Crippen molar-refractivity contribution in [3.63, 3.8) is 0 Å². The van der Waals surface area contributed by atoms with E-state index < -0.39 is 17.7 Å². The molecular weight excluding hydrogens is 328 g/mol. The van der Waals surface area contributed by atoms with Gasteiger partial charge in [-0.1, -0.05) is 5.16 Å². The topological polar surface area (TPSA) is 124 Å². The molecule has 9 heteroatoms. The molecule has 1 fully saturated rings. The second-order valence-corrected chi connectivity index (χ2v) is 5.46. The number of aryl methyl sites for hydroxylation is 2. The predicted octanol–water partition coefficient (Wildman–Crippen LogP) is 1.09. The summed E-state index contributed by atoms with van der Waals surface area (Å²) in [5, 5.41) is 12.1. The number of hydrogen-bond donors (Lipinski definition) is 0. The first-order valence-corrected chi connectivity index (χ1v) is 7.75. The Morgan fingerprint density at radius 1 is 1.44 bits per heavy atom. The van der Waals surface area contributed by atoms with Gasteiger partial charge in [0.25, 0.3) is 5.71 Å². The molecule has 1 aliphatic rings. The van der Waals surface area contributed by atoms with Gasteiger partial charge in [-0.2, -0.15) is 5.26 Å². The number of hydrogen-bond acceptors (Lipinski definition) is 9. The van der Waals surface area contributed by atoms with E-state index in [1.54, 1.807) is 20.0 Å². The summed E-state index contributed by atoms with van der Waals surface area (Å²) in [5.41, 5.74) is 0.126. The quantitative estimate of drug-likeness (QED) is 0.311. The predicted molar refractivity (Wildman–Crippen MR) is 84.4 cm³/mol. The second-order valence-electron chi connectivity index (χ2n) is 5.46. The lowest BCUT2D eigenvalue weighted by molar-refractivity contribution is -0.145. The van der Waals surface area contributed by atoms with Gasteiger partial charge in [-0.25, -0.2) is 19.6 Å². The zero-order valence-electron chi connectivity index (χ0n) is 14.2. The summed E-state index contributed by atoms with van der Waals surface area (Å²) in [6.45, 7) is 5.61. The molecule has 2 rings (SSSR count). The maximum absolute atomic E-state index is 11.9. The number of oxime groups is 1. The Labute approximate surface area is 144 Å². The van der Waals surface area contributed by atoms with Crippen molar-refractivity contribution in [1.82, 2.24) is 9.97 Å². The second kappa shape index (κ2) is 8.19. The Hall–Kier alpha value is -3.02. The van der Waals surface area contributed by atoms with Gasteiger partial charge in [0, 0.05) is 5.92 Å². The first-order chi connectivity index (χ1) is 12.0. The van der Waals surface area contributed by atoms with Crippen LogP contribution in [-0.2, 0) is 19.2 Å². The van der Waals surface area contributed by atoms with Crippen LogP contribution in [0.2, 0.25) is 0 Å². The molecule has 9 nitrogen and oxygen atoms in total. The van der Waals surface area contributed by atoms with E-state index in [1.165, 1.54) is 6.07 Å². The van der Waals surface area contributed by atoms with E-state index >= 15 is 0 Å². The summed E-state index contributed by atoms with van der Waals surface area (Å²) in [6, 6.07) is 1.53. The van der Waals surface area contributed by atoms with E-state index in [2.05, 4.69) is 24.7 Å². The Morgan fingerprint density at radius 3 is 2.84 bits per heavy atom. The molecule has 1 aromatic rings. The molecule has 0 aromatic carbocycles. The average Bonchev–Trinajstić information content (AvgIpc) is 3.34. The van der Waals surface area contributed by atoms with E-state index in [-0.39, 0.29) is 18.4 Å². The molecule has 1 saturated carbocycles. The van der Waals surface area contributed by atoms with Crippen molar-refractivity contribution in [3.05, 3.63) is 17.7 Å². The van der Waals surface area contributed by atoms with Gasteiger partial charge in [0.15, 0.2) is 5.75 Å². The molecule has 132 valence electrons.